The Morgan fingerprint density at radius 1 is 0.639 bits per heavy atom. The van der Waals surface area contributed by atoms with E-state index in [1.54, 1.807) is 0 Å². The molecule has 2 saturated carbocycles. The minimum Gasteiger partial charge on any atom is -0.390 e. The fourth-order valence-corrected chi connectivity index (χ4v) is 6.67. The summed E-state index contributed by atoms with van der Waals surface area (Å²) in [5, 5.41) is 22.6. The molecule has 0 aliphatic heterocycles. The van der Waals surface area contributed by atoms with Crippen LogP contribution in [-0.2, 0) is 0 Å². The van der Waals surface area contributed by atoms with Crippen LogP contribution in [0.3, 0.4) is 0 Å². The SMILES string of the molecule is CC1(O)CCC(n2ccc3cc(Br)ccc32)CC1.CC1(O)CCC(n2ccc3cc(Br)ccc32)CC1. The Kier molecular flexibility index (Phi) is 7.43. The lowest BCUT2D eigenvalue weighted by Crippen LogP contribution is -2.31. The number of rotatable bonds is 2. The topological polar surface area (TPSA) is 50.3 Å². The Bertz CT molecular complexity index is 1230. The summed E-state index contributed by atoms with van der Waals surface area (Å²) in [5.74, 6) is 0. The normalized spacial score (nSPS) is 28.7. The molecule has 4 aromatic rings. The predicted molar refractivity (Wildman–Crippen MR) is 156 cm³/mol. The van der Waals surface area contributed by atoms with E-state index in [9.17, 15) is 10.2 Å². The van der Waals surface area contributed by atoms with Gasteiger partial charge in [-0.3, -0.25) is 0 Å². The minimum absolute atomic E-state index is 0.456. The molecule has 0 amide bonds. The van der Waals surface area contributed by atoms with Gasteiger partial charge in [-0.25, -0.2) is 0 Å². The van der Waals surface area contributed by atoms with Gasteiger partial charge in [0, 0.05) is 55.2 Å². The smallest absolute Gasteiger partial charge is 0.0621 e. The van der Waals surface area contributed by atoms with Crippen molar-refractivity contribution in [3.05, 3.63) is 69.9 Å². The molecule has 2 aliphatic rings. The number of aliphatic hydroxyl groups is 2. The monoisotopic (exact) mass is 614 g/mol. The van der Waals surface area contributed by atoms with Crippen molar-refractivity contribution in [3.63, 3.8) is 0 Å². The van der Waals surface area contributed by atoms with Gasteiger partial charge in [0.25, 0.3) is 0 Å². The van der Waals surface area contributed by atoms with Gasteiger partial charge in [-0.05, 0) is 114 Å². The molecular weight excluding hydrogens is 580 g/mol. The molecule has 0 radical (unpaired) electrons. The first-order chi connectivity index (χ1) is 17.1. The van der Waals surface area contributed by atoms with E-state index in [1.165, 1.54) is 21.8 Å². The van der Waals surface area contributed by atoms with E-state index in [2.05, 4.69) is 102 Å². The summed E-state index contributed by atoms with van der Waals surface area (Å²) < 4.78 is 6.99. The highest BCUT2D eigenvalue weighted by molar-refractivity contribution is 9.10. The van der Waals surface area contributed by atoms with Crippen LogP contribution in [0.25, 0.3) is 21.8 Å². The van der Waals surface area contributed by atoms with Crippen LogP contribution in [0.4, 0.5) is 0 Å². The second kappa shape index (κ2) is 10.3. The Balaban J connectivity index is 0.000000148. The molecule has 0 spiro atoms. The summed E-state index contributed by atoms with van der Waals surface area (Å²) in [6.45, 7) is 3.90. The Morgan fingerprint density at radius 3 is 1.36 bits per heavy atom. The van der Waals surface area contributed by atoms with E-state index in [4.69, 9.17) is 0 Å². The van der Waals surface area contributed by atoms with E-state index in [0.29, 0.717) is 12.1 Å². The maximum absolute atomic E-state index is 10.0. The third-order valence-electron chi connectivity index (χ3n) is 8.22. The number of hydrogen-bond acceptors (Lipinski definition) is 2. The van der Waals surface area contributed by atoms with Gasteiger partial charge < -0.3 is 19.3 Å². The first-order valence-corrected chi connectivity index (χ1v) is 14.7. The molecule has 2 N–H and O–H groups in total. The molecule has 2 aliphatic carbocycles. The fraction of sp³-hybridized carbons (Fsp3) is 0.467. The van der Waals surface area contributed by atoms with Gasteiger partial charge in [0.15, 0.2) is 0 Å². The van der Waals surface area contributed by atoms with E-state index in [1.807, 2.05) is 13.8 Å². The van der Waals surface area contributed by atoms with Crippen molar-refractivity contribution in [2.75, 3.05) is 0 Å². The number of benzene rings is 2. The van der Waals surface area contributed by atoms with Crippen LogP contribution in [0, 0.1) is 0 Å². The lowest BCUT2D eigenvalue weighted by molar-refractivity contribution is 0.0100. The summed E-state index contributed by atoms with van der Waals surface area (Å²) in [4.78, 5) is 0. The minimum atomic E-state index is -0.456. The molecule has 0 unspecified atom stereocenters. The summed E-state index contributed by atoms with van der Waals surface area (Å²) in [6.07, 6.45) is 12.2. The standard InChI is InChI=1S/2C15H18BrNO/c2*1-15(18)7-4-13(5-8-15)17-9-6-11-10-12(16)2-3-14(11)17/h2*2-3,6,9-10,13,18H,4-5,7-8H2,1H3. The average molecular weight is 616 g/mol. The zero-order valence-corrected chi connectivity index (χ0v) is 24.3. The fourth-order valence-electron chi connectivity index (χ4n) is 5.91. The summed E-state index contributed by atoms with van der Waals surface area (Å²) in [7, 11) is 0. The molecular formula is C30H36Br2N2O2. The Morgan fingerprint density at radius 2 is 1.00 bits per heavy atom. The molecule has 2 aromatic carbocycles. The van der Waals surface area contributed by atoms with Crippen LogP contribution in [0.2, 0.25) is 0 Å². The maximum Gasteiger partial charge on any atom is 0.0621 e. The lowest BCUT2D eigenvalue weighted by Gasteiger charge is -2.34. The molecule has 6 rings (SSSR count). The predicted octanol–water partition coefficient (Wildman–Crippen LogP) is 8.54. The van der Waals surface area contributed by atoms with Crippen molar-refractivity contribution in [1.82, 2.24) is 9.13 Å². The van der Waals surface area contributed by atoms with E-state index < -0.39 is 11.2 Å². The first kappa shape index (κ1) is 26.0. The van der Waals surface area contributed by atoms with Crippen LogP contribution in [-0.4, -0.2) is 30.5 Å². The average Bonchev–Trinajstić information content (AvgIpc) is 3.43. The van der Waals surface area contributed by atoms with Crippen LogP contribution >= 0.6 is 31.9 Å². The second-order valence-corrected chi connectivity index (χ2v) is 13.1. The quantitative estimate of drug-likeness (QED) is 0.237. The van der Waals surface area contributed by atoms with Crippen LogP contribution in [0.5, 0.6) is 0 Å². The number of aromatic nitrogens is 2. The largest absolute Gasteiger partial charge is 0.390 e. The number of fused-ring (bicyclic) bond motifs is 2. The summed E-state index contributed by atoms with van der Waals surface area (Å²) in [6, 6.07) is 18.3. The van der Waals surface area contributed by atoms with Crippen molar-refractivity contribution in [2.24, 2.45) is 0 Å². The maximum atomic E-state index is 10.0. The highest BCUT2D eigenvalue weighted by Gasteiger charge is 2.30. The van der Waals surface area contributed by atoms with Crippen molar-refractivity contribution < 1.29 is 10.2 Å². The van der Waals surface area contributed by atoms with Crippen molar-refractivity contribution in [1.29, 1.82) is 0 Å². The van der Waals surface area contributed by atoms with Gasteiger partial charge >= 0.3 is 0 Å². The van der Waals surface area contributed by atoms with Crippen LogP contribution in [0.1, 0.15) is 77.3 Å². The van der Waals surface area contributed by atoms with Gasteiger partial charge in [-0.15, -0.1) is 0 Å². The first-order valence-electron chi connectivity index (χ1n) is 13.1. The van der Waals surface area contributed by atoms with Crippen molar-refractivity contribution >= 4 is 53.7 Å². The third-order valence-corrected chi connectivity index (χ3v) is 9.20. The molecule has 2 fully saturated rings. The molecule has 36 heavy (non-hydrogen) atoms. The summed E-state index contributed by atoms with van der Waals surface area (Å²) >= 11 is 7.02. The molecule has 0 atom stereocenters. The van der Waals surface area contributed by atoms with Gasteiger partial charge in [-0.2, -0.15) is 0 Å². The molecule has 4 nitrogen and oxygen atoms in total. The van der Waals surface area contributed by atoms with E-state index in [0.717, 1.165) is 60.3 Å². The zero-order valence-electron chi connectivity index (χ0n) is 21.1. The second-order valence-electron chi connectivity index (χ2n) is 11.3. The van der Waals surface area contributed by atoms with E-state index in [-0.39, 0.29) is 0 Å². The number of nitrogens with zero attached hydrogens (tertiary/aromatic N) is 2. The van der Waals surface area contributed by atoms with Crippen LogP contribution < -0.4 is 0 Å². The number of halogens is 2. The molecule has 2 heterocycles. The summed E-state index contributed by atoms with van der Waals surface area (Å²) in [5.41, 5.74) is 1.68. The van der Waals surface area contributed by atoms with Gasteiger partial charge in [0.2, 0.25) is 0 Å². The highest BCUT2D eigenvalue weighted by atomic mass is 79.9. The van der Waals surface area contributed by atoms with E-state index >= 15 is 0 Å². The van der Waals surface area contributed by atoms with Crippen molar-refractivity contribution in [3.8, 4) is 0 Å². The molecule has 2 aromatic heterocycles. The highest BCUT2D eigenvalue weighted by Crippen LogP contribution is 2.38. The van der Waals surface area contributed by atoms with Gasteiger partial charge in [0.1, 0.15) is 0 Å². The van der Waals surface area contributed by atoms with Crippen LogP contribution in [0.15, 0.2) is 69.9 Å². The van der Waals surface area contributed by atoms with Gasteiger partial charge in [0.05, 0.1) is 11.2 Å². The Hall–Kier alpha value is -1.60. The van der Waals surface area contributed by atoms with Crippen molar-refractivity contribution in [2.45, 2.75) is 88.5 Å². The Labute approximate surface area is 230 Å². The third kappa shape index (κ3) is 5.77. The lowest BCUT2D eigenvalue weighted by atomic mass is 9.83. The van der Waals surface area contributed by atoms with Gasteiger partial charge in [-0.1, -0.05) is 31.9 Å². The molecule has 0 saturated heterocycles. The zero-order chi connectivity index (χ0) is 25.5. The number of hydrogen-bond donors (Lipinski definition) is 2. The molecule has 192 valence electrons. The molecule has 0 bridgehead atoms. The molecule has 6 heteroatoms.